The molecule has 11 aromatic rings. The number of hydrogen-bond donors (Lipinski definition) is 0. The first kappa shape index (κ1) is 31.9. The Morgan fingerprint density at radius 2 is 0.804 bits per heavy atom. The number of para-hydroxylation sites is 2. The van der Waals surface area contributed by atoms with Gasteiger partial charge in [-0.15, -0.1) is 0 Å². The van der Waals surface area contributed by atoms with E-state index in [2.05, 4.69) is 173 Å². The largest absolute Gasteiger partial charge is 0.309 e. The highest BCUT2D eigenvalue weighted by Crippen LogP contribution is 2.41. The fourth-order valence-electron chi connectivity index (χ4n) is 8.23. The van der Waals surface area contributed by atoms with Crippen molar-refractivity contribution in [2.45, 2.75) is 0 Å². The minimum absolute atomic E-state index is 0.633. The zero-order valence-corrected chi connectivity index (χ0v) is 30.3. The molecule has 8 aromatic carbocycles. The molecule has 0 saturated heterocycles. The first-order valence-corrected chi connectivity index (χ1v) is 18.9. The van der Waals surface area contributed by atoms with Gasteiger partial charge in [0.2, 0.25) is 0 Å². The van der Waals surface area contributed by atoms with Crippen molar-refractivity contribution in [2.24, 2.45) is 0 Å². The van der Waals surface area contributed by atoms with Gasteiger partial charge in [0.1, 0.15) is 0 Å². The van der Waals surface area contributed by atoms with E-state index < -0.39 is 0 Å². The van der Waals surface area contributed by atoms with Gasteiger partial charge in [0.05, 0.1) is 22.1 Å². The first-order valence-electron chi connectivity index (χ1n) is 18.9. The Balaban J connectivity index is 1.20. The molecular weight excluding hydrogens is 683 g/mol. The zero-order valence-electron chi connectivity index (χ0n) is 30.3. The fraction of sp³-hybridized carbons (Fsp3) is 0. The van der Waals surface area contributed by atoms with Crippen LogP contribution >= 0.6 is 0 Å². The Morgan fingerprint density at radius 1 is 0.286 bits per heavy atom. The number of rotatable bonds is 6. The number of hydrogen-bond acceptors (Lipinski definition) is 3. The number of fused-ring (bicyclic) bond motifs is 6. The Kier molecular flexibility index (Phi) is 7.42. The molecule has 0 aliphatic rings. The van der Waals surface area contributed by atoms with Crippen molar-refractivity contribution in [1.29, 1.82) is 0 Å². The molecule has 0 amide bonds. The highest BCUT2D eigenvalue weighted by atomic mass is 15.0. The molecule has 5 heteroatoms. The molecule has 5 nitrogen and oxygen atoms in total. The van der Waals surface area contributed by atoms with Gasteiger partial charge in [-0.05, 0) is 65.7 Å². The molecule has 0 fully saturated rings. The van der Waals surface area contributed by atoms with E-state index in [0.717, 1.165) is 55.4 Å². The van der Waals surface area contributed by atoms with Gasteiger partial charge in [0, 0.05) is 49.6 Å². The van der Waals surface area contributed by atoms with Crippen LogP contribution in [0.2, 0.25) is 0 Å². The lowest BCUT2D eigenvalue weighted by Crippen LogP contribution is -2.00. The summed E-state index contributed by atoms with van der Waals surface area (Å²) in [5.41, 5.74) is 11.9. The average Bonchev–Trinajstić information content (AvgIpc) is 3.79. The summed E-state index contributed by atoms with van der Waals surface area (Å²) in [6.45, 7) is 0. The van der Waals surface area contributed by atoms with Gasteiger partial charge in [-0.3, -0.25) is 0 Å². The van der Waals surface area contributed by atoms with Crippen molar-refractivity contribution in [1.82, 2.24) is 24.1 Å². The van der Waals surface area contributed by atoms with E-state index >= 15 is 0 Å². The quantitative estimate of drug-likeness (QED) is 0.172. The highest BCUT2D eigenvalue weighted by molar-refractivity contribution is 6.17. The van der Waals surface area contributed by atoms with Crippen LogP contribution in [0.1, 0.15) is 0 Å². The SMILES string of the molecule is c1ccc(-c2ccc3c(c2)c2c(-c4nc(-c5ccccc5)nc(-c5ccccc5)n4)cccc2n3-c2ccc3c(c2)c2ccccc2n3-c2ccccc2)cc1. The van der Waals surface area contributed by atoms with Gasteiger partial charge >= 0.3 is 0 Å². The van der Waals surface area contributed by atoms with Gasteiger partial charge in [0.25, 0.3) is 0 Å². The molecule has 0 atom stereocenters. The van der Waals surface area contributed by atoms with Crippen molar-refractivity contribution in [3.8, 4) is 56.7 Å². The second kappa shape index (κ2) is 13.0. The molecule has 0 aliphatic carbocycles. The van der Waals surface area contributed by atoms with E-state index in [4.69, 9.17) is 15.0 Å². The number of nitrogens with zero attached hydrogens (tertiary/aromatic N) is 5. The Labute approximate surface area is 323 Å². The van der Waals surface area contributed by atoms with Gasteiger partial charge in [-0.1, -0.05) is 146 Å². The molecular formula is C51H33N5. The van der Waals surface area contributed by atoms with Crippen LogP contribution in [-0.2, 0) is 0 Å². The van der Waals surface area contributed by atoms with E-state index in [0.29, 0.717) is 17.5 Å². The highest BCUT2D eigenvalue weighted by Gasteiger charge is 2.21. The van der Waals surface area contributed by atoms with Gasteiger partial charge in [-0.25, -0.2) is 15.0 Å². The number of benzene rings is 8. The maximum absolute atomic E-state index is 5.19. The minimum Gasteiger partial charge on any atom is -0.309 e. The Hall–Kier alpha value is -7.63. The van der Waals surface area contributed by atoms with Crippen LogP contribution in [0.25, 0.3) is 100 Å². The maximum atomic E-state index is 5.19. The van der Waals surface area contributed by atoms with Crippen molar-refractivity contribution >= 4 is 43.6 Å². The second-order valence-corrected chi connectivity index (χ2v) is 14.1. The van der Waals surface area contributed by atoms with Crippen LogP contribution in [0.4, 0.5) is 0 Å². The van der Waals surface area contributed by atoms with Gasteiger partial charge < -0.3 is 9.13 Å². The monoisotopic (exact) mass is 715 g/mol. The van der Waals surface area contributed by atoms with Crippen LogP contribution in [0, 0.1) is 0 Å². The van der Waals surface area contributed by atoms with Crippen LogP contribution in [0.15, 0.2) is 200 Å². The van der Waals surface area contributed by atoms with Gasteiger partial charge in [0.15, 0.2) is 17.5 Å². The van der Waals surface area contributed by atoms with E-state index in [1.165, 1.54) is 27.4 Å². The van der Waals surface area contributed by atoms with Crippen molar-refractivity contribution in [3.05, 3.63) is 200 Å². The van der Waals surface area contributed by atoms with Crippen LogP contribution in [0.3, 0.4) is 0 Å². The zero-order chi connectivity index (χ0) is 37.0. The van der Waals surface area contributed by atoms with Crippen molar-refractivity contribution in [3.63, 3.8) is 0 Å². The molecule has 0 radical (unpaired) electrons. The van der Waals surface area contributed by atoms with E-state index in [1.807, 2.05) is 36.4 Å². The molecule has 0 bridgehead atoms. The Bertz CT molecular complexity index is 3160. The molecule has 11 rings (SSSR count). The van der Waals surface area contributed by atoms with E-state index in [1.54, 1.807) is 0 Å². The average molecular weight is 716 g/mol. The van der Waals surface area contributed by atoms with Gasteiger partial charge in [-0.2, -0.15) is 0 Å². The summed E-state index contributed by atoms with van der Waals surface area (Å²) in [5.74, 6) is 1.91. The molecule has 56 heavy (non-hydrogen) atoms. The summed E-state index contributed by atoms with van der Waals surface area (Å²) >= 11 is 0. The van der Waals surface area contributed by atoms with Crippen LogP contribution in [-0.4, -0.2) is 24.1 Å². The van der Waals surface area contributed by atoms with Crippen molar-refractivity contribution in [2.75, 3.05) is 0 Å². The molecule has 0 unspecified atom stereocenters. The van der Waals surface area contributed by atoms with E-state index in [-0.39, 0.29) is 0 Å². The van der Waals surface area contributed by atoms with Crippen LogP contribution in [0.5, 0.6) is 0 Å². The third-order valence-corrected chi connectivity index (χ3v) is 10.8. The summed E-state index contributed by atoms with van der Waals surface area (Å²) in [5, 5.41) is 4.64. The molecule has 0 N–H and O–H groups in total. The topological polar surface area (TPSA) is 48.5 Å². The summed E-state index contributed by atoms with van der Waals surface area (Å²) in [6, 6.07) is 70.4. The minimum atomic E-state index is 0.633. The predicted molar refractivity (Wildman–Crippen MR) is 230 cm³/mol. The van der Waals surface area contributed by atoms with E-state index in [9.17, 15) is 0 Å². The molecule has 3 heterocycles. The molecule has 3 aromatic heterocycles. The normalized spacial score (nSPS) is 11.6. The summed E-state index contributed by atoms with van der Waals surface area (Å²) < 4.78 is 4.76. The third kappa shape index (κ3) is 5.21. The predicted octanol–water partition coefficient (Wildman–Crippen LogP) is 12.7. The molecule has 262 valence electrons. The molecule has 0 spiro atoms. The smallest absolute Gasteiger partial charge is 0.164 e. The summed E-state index contributed by atoms with van der Waals surface area (Å²) in [6.07, 6.45) is 0. The third-order valence-electron chi connectivity index (χ3n) is 10.8. The van der Waals surface area contributed by atoms with Crippen LogP contribution < -0.4 is 0 Å². The fourth-order valence-corrected chi connectivity index (χ4v) is 8.23. The van der Waals surface area contributed by atoms with Crippen molar-refractivity contribution < 1.29 is 0 Å². The molecule has 0 aliphatic heterocycles. The number of aromatic nitrogens is 5. The molecule has 0 saturated carbocycles. The summed E-state index contributed by atoms with van der Waals surface area (Å²) in [7, 11) is 0. The summed E-state index contributed by atoms with van der Waals surface area (Å²) in [4.78, 5) is 15.4. The Morgan fingerprint density at radius 3 is 1.50 bits per heavy atom. The maximum Gasteiger partial charge on any atom is 0.164 e. The lowest BCUT2D eigenvalue weighted by atomic mass is 10.0. The lowest BCUT2D eigenvalue weighted by Gasteiger charge is -2.11. The standard InChI is InChI=1S/C51H33N5/c1-5-16-34(17-6-1)37-28-30-46-43(32-37)48-41(51-53-49(35-18-7-2-8-19-35)52-50(54-51)36-20-9-3-10-21-36)25-15-27-47(48)56(46)39-29-31-45-42(33-39)40-24-13-14-26-44(40)55(45)38-22-11-4-12-23-38/h1-33H. The first-order chi connectivity index (χ1) is 27.8. The second-order valence-electron chi connectivity index (χ2n) is 14.1. The lowest BCUT2D eigenvalue weighted by molar-refractivity contribution is 1.08.